The van der Waals surface area contributed by atoms with Crippen LogP contribution in [0.1, 0.15) is 22.3 Å². The summed E-state index contributed by atoms with van der Waals surface area (Å²) in [5.41, 5.74) is 5.33. The van der Waals surface area contributed by atoms with Crippen molar-refractivity contribution >= 4 is 11.1 Å². The second-order valence-corrected chi connectivity index (χ2v) is 8.05. The molecule has 1 aromatic heterocycles. The highest BCUT2D eigenvalue weighted by atomic mass is 19.1. The average Bonchev–Trinajstić information content (AvgIpc) is 3.19. The number of ether oxygens (including phenoxy) is 2. The quantitative estimate of drug-likeness (QED) is 0.569. The molecule has 1 saturated heterocycles. The molecule has 1 aliphatic carbocycles. The normalized spacial score (nSPS) is 16.3. The van der Waals surface area contributed by atoms with Crippen LogP contribution in [0.4, 0.5) is 8.78 Å². The Morgan fingerprint density at radius 1 is 0.969 bits per heavy atom. The van der Waals surface area contributed by atoms with Gasteiger partial charge in [-0.05, 0) is 70.2 Å². The molecule has 3 aromatic rings. The van der Waals surface area contributed by atoms with Gasteiger partial charge in [0, 0.05) is 38.1 Å². The first-order valence-corrected chi connectivity index (χ1v) is 10.8. The van der Waals surface area contributed by atoms with Crippen molar-refractivity contribution in [2.45, 2.75) is 6.42 Å². The molecule has 0 N–H and O–H groups in total. The summed E-state index contributed by atoms with van der Waals surface area (Å²) in [6.45, 7) is 4.75. The summed E-state index contributed by atoms with van der Waals surface area (Å²) in [4.78, 5) is 6.55. The summed E-state index contributed by atoms with van der Waals surface area (Å²) in [6.07, 6.45) is 4.17. The van der Waals surface area contributed by atoms with Crippen molar-refractivity contribution in [2.24, 2.45) is 0 Å². The minimum atomic E-state index is -0.593. The number of pyridine rings is 1. The van der Waals surface area contributed by atoms with Crippen LogP contribution in [0.2, 0.25) is 0 Å². The average molecular weight is 434 g/mol. The molecule has 2 aromatic carbocycles. The predicted molar refractivity (Wildman–Crippen MR) is 119 cm³/mol. The Bertz CT molecular complexity index is 1120. The molecule has 0 saturated carbocycles. The maximum atomic E-state index is 14.1. The third kappa shape index (κ3) is 4.42. The van der Waals surface area contributed by atoms with Crippen LogP contribution in [-0.4, -0.2) is 49.3 Å². The topological polar surface area (TPSA) is 34.6 Å². The van der Waals surface area contributed by atoms with Crippen molar-refractivity contribution in [3.05, 3.63) is 94.8 Å². The van der Waals surface area contributed by atoms with Gasteiger partial charge in [0.15, 0.2) is 0 Å². The molecule has 0 atom stereocenters. The number of hydrogen-bond donors (Lipinski definition) is 0. The van der Waals surface area contributed by atoms with Crippen LogP contribution < -0.4 is 4.74 Å². The number of morpholine rings is 1. The van der Waals surface area contributed by atoms with Gasteiger partial charge in [-0.15, -0.1) is 0 Å². The molecular weight excluding hydrogens is 410 g/mol. The van der Waals surface area contributed by atoms with Gasteiger partial charge in [0.25, 0.3) is 0 Å². The van der Waals surface area contributed by atoms with Crippen LogP contribution >= 0.6 is 0 Å². The molecule has 1 aliphatic heterocycles. The largest absolute Gasteiger partial charge is 0.492 e. The first kappa shape index (κ1) is 20.8. The fourth-order valence-corrected chi connectivity index (χ4v) is 4.41. The molecular formula is C26H24F2N2O2. The van der Waals surface area contributed by atoms with E-state index in [9.17, 15) is 8.78 Å². The van der Waals surface area contributed by atoms with E-state index in [0.717, 1.165) is 72.5 Å². The molecule has 0 spiro atoms. The fraction of sp³-hybridized carbons (Fsp3) is 0.269. The van der Waals surface area contributed by atoms with Gasteiger partial charge >= 0.3 is 0 Å². The number of aromatic nitrogens is 1. The van der Waals surface area contributed by atoms with E-state index in [-0.39, 0.29) is 0 Å². The van der Waals surface area contributed by atoms with E-state index >= 15 is 0 Å². The Morgan fingerprint density at radius 2 is 1.78 bits per heavy atom. The summed E-state index contributed by atoms with van der Waals surface area (Å²) in [6, 6.07) is 13.5. The van der Waals surface area contributed by atoms with Gasteiger partial charge < -0.3 is 9.47 Å². The first-order chi connectivity index (χ1) is 15.7. The van der Waals surface area contributed by atoms with Crippen molar-refractivity contribution < 1.29 is 18.3 Å². The Balaban J connectivity index is 1.47. The lowest BCUT2D eigenvalue weighted by Crippen LogP contribution is -2.38. The van der Waals surface area contributed by atoms with E-state index in [0.29, 0.717) is 18.6 Å². The van der Waals surface area contributed by atoms with E-state index in [4.69, 9.17) is 9.47 Å². The Hall–Kier alpha value is -3.09. The first-order valence-electron chi connectivity index (χ1n) is 10.8. The highest BCUT2D eigenvalue weighted by molar-refractivity contribution is 6.03. The van der Waals surface area contributed by atoms with E-state index in [1.165, 1.54) is 12.1 Å². The van der Waals surface area contributed by atoms with Gasteiger partial charge in [0.2, 0.25) is 0 Å². The highest BCUT2D eigenvalue weighted by Gasteiger charge is 2.25. The smallest absolute Gasteiger partial charge is 0.126 e. The summed E-state index contributed by atoms with van der Waals surface area (Å²) >= 11 is 0. The van der Waals surface area contributed by atoms with E-state index in [2.05, 4.69) is 9.88 Å². The molecule has 2 heterocycles. The van der Waals surface area contributed by atoms with Gasteiger partial charge in [-0.25, -0.2) is 8.78 Å². The van der Waals surface area contributed by atoms with Crippen molar-refractivity contribution in [3.63, 3.8) is 0 Å². The zero-order valence-electron chi connectivity index (χ0n) is 17.7. The molecule has 1 fully saturated rings. The lowest BCUT2D eigenvalue weighted by atomic mass is 9.95. The molecule has 0 bridgehead atoms. The number of benzene rings is 2. The maximum absolute atomic E-state index is 14.1. The van der Waals surface area contributed by atoms with Gasteiger partial charge in [-0.1, -0.05) is 12.1 Å². The van der Waals surface area contributed by atoms with Crippen molar-refractivity contribution in [2.75, 3.05) is 39.5 Å². The molecule has 0 amide bonds. The van der Waals surface area contributed by atoms with E-state index in [1.54, 1.807) is 12.4 Å². The van der Waals surface area contributed by atoms with Crippen LogP contribution in [0, 0.1) is 11.6 Å². The standard InChI is InChI=1S/C26H24F2N2O2/c27-21-12-20(13-22(28)15-21)26-24(19-2-1-5-29-17-19)14-18-3-4-23(16-25(18)26)32-11-8-30-6-9-31-10-7-30/h1-5,12-13,15-17H,6-11,14H2. The van der Waals surface area contributed by atoms with Crippen molar-refractivity contribution in [1.82, 2.24) is 9.88 Å². The Kier molecular flexibility index (Phi) is 5.97. The van der Waals surface area contributed by atoms with Crippen molar-refractivity contribution in [3.8, 4) is 5.75 Å². The number of hydrogen-bond acceptors (Lipinski definition) is 4. The monoisotopic (exact) mass is 434 g/mol. The third-order valence-electron chi connectivity index (χ3n) is 5.96. The minimum absolute atomic E-state index is 0.519. The zero-order valence-corrected chi connectivity index (χ0v) is 17.7. The molecule has 164 valence electrons. The minimum Gasteiger partial charge on any atom is -0.492 e. The van der Waals surface area contributed by atoms with Crippen LogP contribution in [0.5, 0.6) is 5.75 Å². The lowest BCUT2D eigenvalue weighted by Gasteiger charge is -2.26. The molecule has 0 radical (unpaired) electrons. The second kappa shape index (κ2) is 9.18. The van der Waals surface area contributed by atoms with E-state index < -0.39 is 11.6 Å². The predicted octanol–water partition coefficient (Wildman–Crippen LogP) is 4.59. The molecule has 32 heavy (non-hydrogen) atoms. The number of halogens is 2. The summed E-state index contributed by atoms with van der Waals surface area (Å²) in [7, 11) is 0. The molecule has 4 nitrogen and oxygen atoms in total. The molecule has 0 unspecified atom stereocenters. The van der Waals surface area contributed by atoms with E-state index in [1.807, 2.05) is 30.3 Å². The van der Waals surface area contributed by atoms with Gasteiger partial charge in [0.1, 0.15) is 24.0 Å². The van der Waals surface area contributed by atoms with Crippen LogP contribution in [0.25, 0.3) is 11.1 Å². The van der Waals surface area contributed by atoms with Gasteiger partial charge in [0.05, 0.1) is 13.2 Å². The number of rotatable bonds is 6. The summed E-state index contributed by atoms with van der Waals surface area (Å²) < 4.78 is 39.6. The molecule has 5 rings (SSSR count). The van der Waals surface area contributed by atoms with Crippen LogP contribution in [-0.2, 0) is 11.2 Å². The molecule has 6 heteroatoms. The highest BCUT2D eigenvalue weighted by Crippen LogP contribution is 2.43. The number of fused-ring (bicyclic) bond motifs is 1. The summed E-state index contributed by atoms with van der Waals surface area (Å²) in [5.74, 6) is -0.437. The third-order valence-corrected chi connectivity index (χ3v) is 5.96. The van der Waals surface area contributed by atoms with Crippen LogP contribution in [0.15, 0.2) is 60.9 Å². The summed E-state index contributed by atoms with van der Waals surface area (Å²) in [5, 5.41) is 0. The second-order valence-electron chi connectivity index (χ2n) is 8.05. The Labute approximate surface area is 186 Å². The SMILES string of the molecule is Fc1cc(F)cc(C2=C(c3cccnc3)Cc3ccc(OCCN4CCOCC4)cc32)c1. The Morgan fingerprint density at radius 3 is 2.53 bits per heavy atom. The zero-order chi connectivity index (χ0) is 21.9. The van der Waals surface area contributed by atoms with Crippen LogP contribution in [0.3, 0.4) is 0 Å². The number of nitrogens with zero attached hydrogens (tertiary/aromatic N) is 2. The fourth-order valence-electron chi connectivity index (χ4n) is 4.41. The molecule has 2 aliphatic rings. The number of allylic oxidation sites excluding steroid dienone is 1. The van der Waals surface area contributed by atoms with Gasteiger partial charge in [-0.3, -0.25) is 9.88 Å². The lowest BCUT2D eigenvalue weighted by molar-refractivity contribution is 0.0322. The van der Waals surface area contributed by atoms with Gasteiger partial charge in [-0.2, -0.15) is 0 Å². The van der Waals surface area contributed by atoms with Crippen molar-refractivity contribution in [1.29, 1.82) is 0 Å². The maximum Gasteiger partial charge on any atom is 0.126 e.